The Morgan fingerprint density at radius 1 is 0.925 bits per heavy atom. The van der Waals surface area contributed by atoms with Crippen molar-refractivity contribution in [2.24, 2.45) is 0 Å². The third-order valence-electron chi connectivity index (χ3n) is 8.12. The molecule has 2 aromatic carbocycles. The molecule has 0 saturated heterocycles. The minimum atomic E-state index is -0.317. The van der Waals surface area contributed by atoms with E-state index in [9.17, 15) is 20.1 Å². The summed E-state index contributed by atoms with van der Waals surface area (Å²) in [4.78, 5) is 17.1. The van der Waals surface area contributed by atoms with Gasteiger partial charge in [-0.2, -0.15) is 0 Å². The van der Waals surface area contributed by atoms with Crippen molar-refractivity contribution in [2.45, 2.75) is 84.3 Å². The molecule has 1 aliphatic heterocycles. The number of phenolic OH excluding ortho intramolecular Hbond substituents is 3. The number of rotatable bonds is 13. The van der Waals surface area contributed by atoms with Gasteiger partial charge in [0.1, 0.15) is 22.9 Å². The molecule has 220 valence electrons. The van der Waals surface area contributed by atoms with Crippen molar-refractivity contribution in [3.8, 4) is 17.2 Å². The highest BCUT2D eigenvalue weighted by atomic mass is 16.5. The summed E-state index contributed by atoms with van der Waals surface area (Å²) < 4.78 is 11.4. The van der Waals surface area contributed by atoms with Crippen molar-refractivity contribution >= 4 is 23.0 Å². The first-order valence-corrected chi connectivity index (χ1v) is 14.1. The number of anilines is 3. The smallest absolute Gasteiger partial charge is 0.260 e. The number of carbonyl (C=O) groups excluding carboxylic acids is 1. The first-order chi connectivity index (χ1) is 18.9. The average Bonchev–Trinajstić information content (AvgIpc) is 3.00. The van der Waals surface area contributed by atoms with Crippen LogP contribution in [0, 0.1) is 0 Å². The second-order valence-corrected chi connectivity index (χ2v) is 11.5. The lowest BCUT2D eigenvalue weighted by atomic mass is 9.89. The number of methoxy groups -OCH3 is 2. The van der Waals surface area contributed by atoms with Gasteiger partial charge in [-0.25, -0.2) is 0 Å². The number of hydrogen-bond donors (Lipinski definition) is 3. The predicted molar refractivity (Wildman–Crippen MR) is 160 cm³/mol. The van der Waals surface area contributed by atoms with E-state index in [-0.39, 0.29) is 40.9 Å². The summed E-state index contributed by atoms with van der Waals surface area (Å²) in [6, 6.07) is 7.56. The summed E-state index contributed by atoms with van der Waals surface area (Å²) in [5, 5.41) is 31.8. The molecule has 0 spiro atoms. The number of ether oxygens (including phenoxy) is 2. The lowest BCUT2D eigenvalue weighted by molar-refractivity contribution is -0.0242. The van der Waals surface area contributed by atoms with Crippen LogP contribution in [0.25, 0.3) is 0 Å². The maximum Gasteiger partial charge on any atom is 0.260 e. The van der Waals surface area contributed by atoms with Crippen LogP contribution < -0.4 is 9.80 Å². The summed E-state index contributed by atoms with van der Waals surface area (Å²) in [5.74, 6) is -0.678. The van der Waals surface area contributed by atoms with E-state index in [1.54, 1.807) is 36.2 Å². The second kappa shape index (κ2) is 13.0. The Bertz CT molecular complexity index is 1220. The van der Waals surface area contributed by atoms with Gasteiger partial charge in [0.15, 0.2) is 0 Å². The number of phenols is 3. The monoisotopic (exact) mass is 554 g/mol. The molecule has 0 radical (unpaired) electrons. The Hall–Kier alpha value is -3.23. The fourth-order valence-electron chi connectivity index (χ4n) is 5.33. The van der Waals surface area contributed by atoms with Gasteiger partial charge in [0.05, 0.1) is 28.1 Å². The number of fused-ring (bicyclic) bond motifs is 2. The van der Waals surface area contributed by atoms with Crippen LogP contribution in [-0.4, -0.2) is 59.7 Å². The Kier molecular flexibility index (Phi) is 10.1. The van der Waals surface area contributed by atoms with Gasteiger partial charge >= 0.3 is 0 Å². The molecular weight excluding hydrogens is 508 g/mol. The summed E-state index contributed by atoms with van der Waals surface area (Å²) in [6.07, 6.45) is 7.64. The Morgan fingerprint density at radius 3 is 2.27 bits per heavy atom. The van der Waals surface area contributed by atoms with Crippen molar-refractivity contribution < 1.29 is 29.6 Å². The highest BCUT2D eigenvalue weighted by molar-refractivity contribution is 6.15. The van der Waals surface area contributed by atoms with E-state index in [4.69, 9.17) is 9.47 Å². The van der Waals surface area contributed by atoms with E-state index in [0.29, 0.717) is 29.2 Å². The third kappa shape index (κ3) is 7.09. The molecule has 1 aliphatic rings. The van der Waals surface area contributed by atoms with Crippen molar-refractivity contribution in [3.63, 3.8) is 0 Å². The molecule has 2 aromatic rings. The first kappa shape index (κ1) is 31.3. The van der Waals surface area contributed by atoms with Crippen molar-refractivity contribution in [3.05, 3.63) is 47.5 Å². The molecule has 1 atom stereocenters. The van der Waals surface area contributed by atoms with Gasteiger partial charge < -0.3 is 34.6 Å². The molecule has 1 heterocycles. The topological polar surface area (TPSA) is 103 Å². The Balaban J connectivity index is 1.78. The van der Waals surface area contributed by atoms with E-state index >= 15 is 0 Å². The van der Waals surface area contributed by atoms with Crippen molar-refractivity contribution in [1.82, 2.24) is 0 Å². The van der Waals surface area contributed by atoms with Crippen LogP contribution in [0.1, 0.15) is 83.5 Å². The highest BCUT2D eigenvalue weighted by Crippen LogP contribution is 2.49. The lowest BCUT2D eigenvalue weighted by Crippen LogP contribution is -2.30. The molecule has 0 bridgehead atoms. The maximum atomic E-state index is 13.8. The lowest BCUT2D eigenvalue weighted by Gasteiger charge is -2.30. The first-order valence-electron chi connectivity index (χ1n) is 14.1. The molecule has 0 saturated carbocycles. The number of nitrogens with zero attached hydrogens (tertiary/aromatic N) is 2. The normalized spacial score (nSPS) is 15.5. The van der Waals surface area contributed by atoms with Crippen molar-refractivity contribution in [1.29, 1.82) is 0 Å². The van der Waals surface area contributed by atoms with Crippen LogP contribution in [0.15, 0.2) is 42.0 Å². The fraction of sp³-hybridized carbons (Fsp3) is 0.531. The number of carbonyl (C=O) groups is 1. The summed E-state index contributed by atoms with van der Waals surface area (Å²) in [7, 11) is 3.52. The van der Waals surface area contributed by atoms with E-state index in [1.165, 1.54) is 18.2 Å². The zero-order chi connectivity index (χ0) is 29.7. The molecule has 40 heavy (non-hydrogen) atoms. The van der Waals surface area contributed by atoms with E-state index in [1.807, 2.05) is 19.9 Å². The SMILES string of the molecule is CCN1c2c(O)cccc2C(=O)N(CC=C(C)CCCC(C)(CCCC(C)(C)OC)OC)c2cc(O)cc(O)c21. The molecule has 1 amide bonds. The molecule has 1 unspecified atom stereocenters. The van der Waals surface area contributed by atoms with Crippen LogP contribution in [0.3, 0.4) is 0 Å². The molecular formula is C32H46N2O6. The molecule has 0 aromatic heterocycles. The molecule has 3 N–H and O–H groups in total. The van der Waals surface area contributed by atoms with Gasteiger partial charge in [-0.3, -0.25) is 4.79 Å². The Labute approximate surface area is 238 Å². The quantitative estimate of drug-likeness (QED) is 0.228. The van der Waals surface area contributed by atoms with E-state index in [2.05, 4.69) is 20.8 Å². The number of para-hydroxylation sites is 1. The summed E-state index contributed by atoms with van der Waals surface area (Å²) in [5.41, 5.74) is 2.20. The third-order valence-corrected chi connectivity index (χ3v) is 8.12. The molecule has 8 heteroatoms. The van der Waals surface area contributed by atoms with Gasteiger partial charge in [-0.05, 0) is 85.3 Å². The van der Waals surface area contributed by atoms with E-state index < -0.39 is 0 Å². The second-order valence-electron chi connectivity index (χ2n) is 11.5. The number of amides is 1. The van der Waals surface area contributed by atoms with Crippen LogP contribution in [0.5, 0.6) is 17.2 Å². The van der Waals surface area contributed by atoms with Crippen molar-refractivity contribution in [2.75, 3.05) is 37.1 Å². The Morgan fingerprint density at radius 2 is 1.62 bits per heavy atom. The minimum absolute atomic E-state index is 0.0494. The summed E-state index contributed by atoms with van der Waals surface area (Å²) in [6.45, 7) is 10.9. The number of hydrogen-bond acceptors (Lipinski definition) is 7. The maximum absolute atomic E-state index is 13.8. The molecule has 0 aliphatic carbocycles. The number of benzene rings is 2. The predicted octanol–water partition coefficient (Wildman–Crippen LogP) is 7.04. The standard InChI is InChI=1S/C32H46N2O6/c1-8-33-28-24(13-9-14-26(28)36)30(38)34(25-20-23(35)21-27(37)29(25)33)19-15-22(2)12-10-17-32(5,40-7)18-11-16-31(3,4)39-6/h9,13-15,20-21,35-37H,8,10-12,16-19H2,1-7H3. The van der Waals surface area contributed by atoms with Crippen LogP contribution in [-0.2, 0) is 9.47 Å². The summed E-state index contributed by atoms with van der Waals surface area (Å²) >= 11 is 0. The highest BCUT2D eigenvalue weighted by Gasteiger charge is 2.34. The molecule has 8 nitrogen and oxygen atoms in total. The number of allylic oxidation sites excluding steroid dienone is 1. The van der Waals surface area contributed by atoms with Gasteiger partial charge in [0, 0.05) is 39.4 Å². The molecule has 3 rings (SSSR count). The fourth-order valence-corrected chi connectivity index (χ4v) is 5.33. The van der Waals surface area contributed by atoms with Gasteiger partial charge in [0.25, 0.3) is 5.91 Å². The number of aromatic hydroxyl groups is 3. The van der Waals surface area contributed by atoms with E-state index in [0.717, 1.165) is 44.1 Å². The minimum Gasteiger partial charge on any atom is -0.508 e. The van der Waals surface area contributed by atoms with Gasteiger partial charge in [-0.15, -0.1) is 0 Å². The van der Waals surface area contributed by atoms with Crippen LogP contribution in [0.2, 0.25) is 0 Å². The van der Waals surface area contributed by atoms with Crippen LogP contribution >= 0.6 is 0 Å². The van der Waals surface area contributed by atoms with Gasteiger partial charge in [0.2, 0.25) is 0 Å². The molecule has 0 fully saturated rings. The van der Waals surface area contributed by atoms with Crippen LogP contribution in [0.4, 0.5) is 17.1 Å². The zero-order valence-electron chi connectivity index (χ0n) is 25.1. The average molecular weight is 555 g/mol. The largest absolute Gasteiger partial charge is 0.508 e. The van der Waals surface area contributed by atoms with Gasteiger partial charge in [-0.1, -0.05) is 17.7 Å². The zero-order valence-corrected chi connectivity index (χ0v) is 25.1.